The molecule has 2 atom stereocenters. The molecule has 1 aliphatic carbocycles. The quantitative estimate of drug-likeness (QED) is 0.860. The number of nitrogens with zero attached hydrogens (tertiary/aromatic N) is 3. The van der Waals surface area contributed by atoms with E-state index >= 15 is 0 Å². The van der Waals surface area contributed by atoms with Crippen molar-refractivity contribution < 1.29 is 9.18 Å². The molecule has 0 unspecified atom stereocenters. The van der Waals surface area contributed by atoms with Gasteiger partial charge in [-0.25, -0.2) is 4.39 Å². The number of carbonyl (C=O) groups excluding carboxylic acids is 1. The van der Waals surface area contributed by atoms with Crippen LogP contribution in [-0.4, -0.2) is 33.7 Å². The first-order valence-electron chi connectivity index (χ1n) is 8.82. The molecule has 1 saturated heterocycles. The Hall–Kier alpha value is -2.43. The van der Waals surface area contributed by atoms with E-state index in [2.05, 4.69) is 11.2 Å². The highest BCUT2D eigenvalue weighted by molar-refractivity contribution is 5.83. The van der Waals surface area contributed by atoms with Crippen molar-refractivity contribution >= 4 is 12.0 Å². The first-order valence-corrected chi connectivity index (χ1v) is 8.82. The molecule has 25 heavy (non-hydrogen) atoms. The second-order valence-electron chi connectivity index (χ2n) is 7.08. The minimum atomic E-state index is -0.211. The molecule has 1 aromatic carbocycles. The Morgan fingerprint density at radius 2 is 2.12 bits per heavy atom. The van der Waals surface area contributed by atoms with Crippen LogP contribution >= 0.6 is 0 Å². The van der Waals surface area contributed by atoms with Gasteiger partial charge in [0.1, 0.15) is 5.82 Å². The molecule has 1 amide bonds. The number of piperidine rings is 1. The average molecular weight is 339 g/mol. The Labute approximate surface area is 146 Å². The molecule has 0 radical (unpaired) electrons. The minimum absolute atomic E-state index is 0.123. The van der Waals surface area contributed by atoms with Crippen molar-refractivity contribution in [1.82, 2.24) is 14.7 Å². The molecule has 1 saturated carbocycles. The smallest absolute Gasteiger partial charge is 0.226 e. The summed E-state index contributed by atoms with van der Waals surface area (Å²) in [7, 11) is 1.90. The number of halogens is 1. The van der Waals surface area contributed by atoms with E-state index in [1.54, 1.807) is 16.8 Å². The SMILES string of the molecule is Cn1cc([C@@H]2C[C@@H]2C(=O)N2CCC(=Cc3cccc(F)c3)CC2)cn1. The maximum atomic E-state index is 13.3. The fourth-order valence-corrected chi connectivity index (χ4v) is 3.69. The Bertz CT molecular complexity index is 816. The van der Waals surface area contributed by atoms with Gasteiger partial charge in [0.25, 0.3) is 0 Å². The highest BCUT2D eigenvalue weighted by Crippen LogP contribution is 2.48. The molecule has 4 nitrogen and oxygen atoms in total. The molecule has 4 rings (SSSR count). The normalized spacial score (nSPS) is 22.8. The Balaban J connectivity index is 1.34. The van der Waals surface area contributed by atoms with Gasteiger partial charge in [0.05, 0.1) is 6.20 Å². The highest BCUT2D eigenvalue weighted by Gasteiger charge is 2.46. The van der Waals surface area contributed by atoms with Crippen LogP contribution in [0.15, 0.2) is 42.2 Å². The molecule has 2 aromatic rings. The molecular weight excluding hydrogens is 317 g/mol. The predicted octanol–water partition coefficient (Wildman–Crippen LogP) is 3.37. The molecule has 2 heterocycles. The van der Waals surface area contributed by atoms with Crippen molar-refractivity contribution in [3.05, 3.63) is 59.2 Å². The van der Waals surface area contributed by atoms with Gasteiger partial charge >= 0.3 is 0 Å². The highest BCUT2D eigenvalue weighted by atomic mass is 19.1. The van der Waals surface area contributed by atoms with Crippen LogP contribution in [0.2, 0.25) is 0 Å². The van der Waals surface area contributed by atoms with E-state index in [1.807, 2.05) is 30.4 Å². The van der Waals surface area contributed by atoms with Crippen LogP contribution in [-0.2, 0) is 11.8 Å². The summed E-state index contributed by atoms with van der Waals surface area (Å²) < 4.78 is 15.1. The van der Waals surface area contributed by atoms with Crippen LogP contribution in [0, 0.1) is 11.7 Å². The molecule has 0 spiro atoms. The summed E-state index contributed by atoms with van der Waals surface area (Å²) in [5, 5.41) is 4.20. The molecule has 2 fully saturated rings. The Morgan fingerprint density at radius 1 is 1.32 bits per heavy atom. The topological polar surface area (TPSA) is 38.1 Å². The van der Waals surface area contributed by atoms with Crippen molar-refractivity contribution in [3.8, 4) is 0 Å². The van der Waals surface area contributed by atoms with Crippen LogP contribution in [0.1, 0.15) is 36.3 Å². The largest absolute Gasteiger partial charge is 0.342 e. The van der Waals surface area contributed by atoms with Gasteiger partial charge in [-0.15, -0.1) is 0 Å². The lowest BCUT2D eigenvalue weighted by Gasteiger charge is -2.29. The Morgan fingerprint density at radius 3 is 2.80 bits per heavy atom. The molecule has 1 aliphatic heterocycles. The van der Waals surface area contributed by atoms with E-state index in [1.165, 1.54) is 17.2 Å². The summed E-state index contributed by atoms with van der Waals surface area (Å²) in [6, 6.07) is 6.65. The molecule has 1 aromatic heterocycles. The monoisotopic (exact) mass is 339 g/mol. The summed E-state index contributed by atoms with van der Waals surface area (Å²) in [5.41, 5.74) is 3.35. The number of hydrogen-bond acceptors (Lipinski definition) is 2. The van der Waals surface area contributed by atoms with Crippen molar-refractivity contribution in [1.29, 1.82) is 0 Å². The van der Waals surface area contributed by atoms with Gasteiger partial charge in [0.15, 0.2) is 0 Å². The molecular formula is C20H22FN3O. The number of aromatic nitrogens is 2. The lowest BCUT2D eigenvalue weighted by molar-refractivity contribution is -0.133. The maximum absolute atomic E-state index is 13.3. The third-order valence-corrected chi connectivity index (χ3v) is 5.20. The second-order valence-corrected chi connectivity index (χ2v) is 7.08. The number of hydrogen-bond donors (Lipinski definition) is 0. The second kappa shape index (κ2) is 6.47. The van der Waals surface area contributed by atoms with Crippen LogP contribution in [0.25, 0.3) is 6.08 Å². The lowest BCUT2D eigenvalue weighted by atomic mass is 10.0. The number of likely N-dealkylation sites (tertiary alicyclic amines) is 1. The fraction of sp³-hybridized carbons (Fsp3) is 0.400. The van der Waals surface area contributed by atoms with Gasteiger partial charge in [-0.05, 0) is 48.4 Å². The van der Waals surface area contributed by atoms with E-state index < -0.39 is 0 Å². The zero-order chi connectivity index (χ0) is 17.4. The summed E-state index contributed by atoms with van der Waals surface area (Å²) >= 11 is 0. The predicted molar refractivity (Wildman–Crippen MR) is 94.2 cm³/mol. The van der Waals surface area contributed by atoms with Gasteiger partial charge < -0.3 is 4.90 Å². The van der Waals surface area contributed by atoms with E-state index in [4.69, 9.17) is 0 Å². The van der Waals surface area contributed by atoms with Gasteiger partial charge in [0.2, 0.25) is 5.91 Å². The van der Waals surface area contributed by atoms with E-state index in [0.717, 1.165) is 37.9 Å². The molecule has 2 aliphatic rings. The minimum Gasteiger partial charge on any atom is -0.342 e. The zero-order valence-corrected chi connectivity index (χ0v) is 14.4. The lowest BCUT2D eigenvalue weighted by Crippen LogP contribution is -2.37. The first-order chi connectivity index (χ1) is 12.1. The molecule has 130 valence electrons. The molecule has 0 N–H and O–H groups in total. The van der Waals surface area contributed by atoms with Gasteiger partial charge in [0, 0.05) is 32.3 Å². The standard InChI is InChI=1S/C20H22FN3O/c1-23-13-16(12-22-23)18-11-19(18)20(25)24-7-5-14(6-8-24)9-15-3-2-4-17(21)10-15/h2-4,9-10,12-13,18-19H,5-8,11H2,1H3/t18-,19-/m0/s1. The van der Waals surface area contributed by atoms with Gasteiger partial charge in [-0.3, -0.25) is 9.48 Å². The summed E-state index contributed by atoms with van der Waals surface area (Å²) in [5.74, 6) is 0.527. The van der Waals surface area contributed by atoms with Gasteiger partial charge in [-0.1, -0.05) is 23.8 Å². The third kappa shape index (κ3) is 3.50. The number of benzene rings is 1. The molecule has 0 bridgehead atoms. The van der Waals surface area contributed by atoms with Crippen LogP contribution in [0.5, 0.6) is 0 Å². The van der Waals surface area contributed by atoms with Crippen molar-refractivity contribution in [2.45, 2.75) is 25.2 Å². The third-order valence-electron chi connectivity index (χ3n) is 5.20. The van der Waals surface area contributed by atoms with E-state index in [-0.39, 0.29) is 17.6 Å². The first kappa shape index (κ1) is 16.1. The summed E-state index contributed by atoms with van der Waals surface area (Å²) in [6.07, 6.45) is 8.61. The van der Waals surface area contributed by atoms with Crippen molar-refractivity contribution in [2.24, 2.45) is 13.0 Å². The van der Waals surface area contributed by atoms with Crippen LogP contribution in [0.3, 0.4) is 0 Å². The average Bonchev–Trinajstić information content (AvgIpc) is 3.29. The van der Waals surface area contributed by atoms with E-state index in [0.29, 0.717) is 5.92 Å². The number of rotatable bonds is 3. The number of amides is 1. The van der Waals surface area contributed by atoms with Crippen LogP contribution in [0.4, 0.5) is 4.39 Å². The Kier molecular flexibility index (Phi) is 4.15. The maximum Gasteiger partial charge on any atom is 0.226 e. The van der Waals surface area contributed by atoms with Crippen LogP contribution < -0.4 is 0 Å². The zero-order valence-electron chi connectivity index (χ0n) is 14.4. The van der Waals surface area contributed by atoms with E-state index in [9.17, 15) is 9.18 Å². The fourth-order valence-electron chi connectivity index (χ4n) is 3.69. The van der Waals surface area contributed by atoms with Crippen molar-refractivity contribution in [2.75, 3.05) is 13.1 Å². The summed E-state index contributed by atoms with van der Waals surface area (Å²) in [4.78, 5) is 14.7. The molecule has 5 heteroatoms. The van der Waals surface area contributed by atoms with Crippen molar-refractivity contribution in [3.63, 3.8) is 0 Å². The number of aryl methyl sites for hydroxylation is 1. The summed E-state index contributed by atoms with van der Waals surface area (Å²) in [6.45, 7) is 1.52. The number of carbonyl (C=O) groups is 1. The van der Waals surface area contributed by atoms with Gasteiger partial charge in [-0.2, -0.15) is 5.10 Å².